The van der Waals surface area contributed by atoms with Gasteiger partial charge in [-0.1, -0.05) is 13.0 Å². The van der Waals surface area contributed by atoms with Gasteiger partial charge < -0.3 is 38.1 Å². The number of fused-ring (bicyclic) bond motifs is 1. The predicted molar refractivity (Wildman–Crippen MR) is 179 cm³/mol. The Kier molecular flexibility index (Phi) is 9.29. The Morgan fingerprint density at radius 2 is 1.77 bits per heavy atom. The van der Waals surface area contributed by atoms with Crippen LogP contribution in [0.2, 0.25) is 0 Å². The first-order valence-electron chi connectivity index (χ1n) is 15.7. The number of nitrogens with zero attached hydrogens (tertiary/aromatic N) is 3. The van der Waals surface area contributed by atoms with Crippen LogP contribution in [0.1, 0.15) is 67.2 Å². The standard InChI is InChI=1S/C36H43N3O8/c1-9-26-31(39(33(41)30(32(26)40)34(42)46-8)20-23-10-12-25(44-6)18-29(23)45-7)21-11-13-27-24(16-21)17-28(37(27)5)22-14-15-38(19-22)35(43)47-36(2,3)4/h10-13,16-18,22,40H,9,14-15,19-20H2,1-8H3. The maximum Gasteiger partial charge on any atom is 0.410 e. The summed E-state index contributed by atoms with van der Waals surface area (Å²) in [4.78, 5) is 41.3. The first-order valence-corrected chi connectivity index (χ1v) is 15.7. The maximum atomic E-state index is 14.0. The fourth-order valence-electron chi connectivity index (χ4n) is 6.42. The molecular formula is C36H43N3O8. The highest BCUT2D eigenvalue weighted by Gasteiger charge is 2.32. The van der Waals surface area contributed by atoms with Gasteiger partial charge in [0.05, 0.1) is 33.6 Å². The average molecular weight is 646 g/mol. The van der Waals surface area contributed by atoms with Crippen LogP contribution in [0.4, 0.5) is 4.79 Å². The molecule has 250 valence electrons. The van der Waals surface area contributed by atoms with E-state index >= 15 is 0 Å². The van der Waals surface area contributed by atoms with Crippen molar-refractivity contribution in [1.82, 2.24) is 14.0 Å². The Bertz CT molecular complexity index is 1900. The summed E-state index contributed by atoms with van der Waals surface area (Å²) in [6.07, 6.45) is 0.837. The van der Waals surface area contributed by atoms with Crippen molar-refractivity contribution < 1.29 is 33.6 Å². The van der Waals surface area contributed by atoms with Gasteiger partial charge in [-0.15, -0.1) is 0 Å². The molecule has 1 atom stereocenters. The third-order valence-corrected chi connectivity index (χ3v) is 8.71. The molecule has 5 rings (SSSR count). The molecule has 1 N–H and O–H groups in total. The Labute approximate surface area is 274 Å². The van der Waals surface area contributed by atoms with Crippen molar-refractivity contribution in [3.63, 3.8) is 0 Å². The average Bonchev–Trinajstić information content (AvgIpc) is 3.66. The second-order valence-electron chi connectivity index (χ2n) is 12.8. The van der Waals surface area contributed by atoms with Crippen LogP contribution < -0.4 is 15.0 Å². The summed E-state index contributed by atoms with van der Waals surface area (Å²) < 4.78 is 25.1. The first-order chi connectivity index (χ1) is 22.3. The number of ether oxygens (including phenoxy) is 4. The normalized spacial score (nSPS) is 14.8. The van der Waals surface area contributed by atoms with Crippen molar-refractivity contribution in [2.45, 2.75) is 58.6 Å². The minimum absolute atomic E-state index is 0.0548. The van der Waals surface area contributed by atoms with E-state index in [0.29, 0.717) is 53.4 Å². The maximum absolute atomic E-state index is 14.0. The third kappa shape index (κ3) is 6.39. The molecule has 0 saturated carbocycles. The summed E-state index contributed by atoms with van der Waals surface area (Å²) in [5.74, 6) is -0.0781. The monoisotopic (exact) mass is 645 g/mol. The molecule has 4 aromatic rings. The zero-order valence-corrected chi connectivity index (χ0v) is 28.3. The summed E-state index contributed by atoms with van der Waals surface area (Å²) in [6, 6.07) is 13.3. The van der Waals surface area contributed by atoms with Crippen LogP contribution in [0.3, 0.4) is 0 Å². The minimum Gasteiger partial charge on any atom is -0.506 e. The number of aromatic hydroxyl groups is 1. The van der Waals surface area contributed by atoms with Crippen LogP contribution in [0.5, 0.6) is 17.2 Å². The first kappa shape index (κ1) is 33.4. The van der Waals surface area contributed by atoms with Crippen molar-refractivity contribution in [1.29, 1.82) is 0 Å². The van der Waals surface area contributed by atoms with Crippen LogP contribution in [0.25, 0.3) is 22.2 Å². The molecule has 1 unspecified atom stereocenters. The zero-order valence-electron chi connectivity index (χ0n) is 28.3. The SMILES string of the molecule is CCc1c(O)c(C(=O)OC)c(=O)n(Cc2ccc(OC)cc2OC)c1-c1ccc2c(c1)cc(C1CCN(C(=O)OC(C)(C)C)C1)n2C. The summed E-state index contributed by atoms with van der Waals surface area (Å²) >= 11 is 0. The number of hydrogen-bond acceptors (Lipinski definition) is 8. The van der Waals surface area contributed by atoms with Gasteiger partial charge in [-0.3, -0.25) is 4.79 Å². The van der Waals surface area contributed by atoms with Gasteiger partial charge in [0.2, 0.25) is 0 Å². The quantitative estimate of drug-likeness (QED) is 0.237. The number of aryl methyl sites for hydroxylation is 1. The molecule has 2 aromatic carbocycles. The van der Waals surface area contributed by atoms with E-state index in [1.807, 2.05) is 52.9 Å². The predicted octanol–water partition coefficient (Wildman–Crippen LogP) is 5.85. The van der Waals surface area contributed by atoms with Crippen molar-refractivity contribution in [3.8, 4) is 28.5 Å². The number of carbonyl (C=O) groups excluding carboxylic acids is 2. The molecule has 2 aromatic heterocycles. The summed E-state index contributed by atoms with van der Waals surface area (Å²) in [6.45, 7) is 8.66. The number of aromatic nitrogens is 2. The lowest BCUT2D eigenvalue weighted by Gasteiger charge is -2.24. The molecule has 11 heteroatoms. The molecule has 1 amide bonds. The van der Waals surface area contributed by atoms with Crippen molar-refractivity contribution in [3.05, 3.63) is 75.2 Å². The molecule has 0 aliphatic carbocycles. The number of likely N-dealkylation sites (tertiary alicyclic amines) is 1. The molecule has 0 spiro atoms. The summed E-state index contributed by atoms with van der Waals surface area (Å²) in [5, 5.41) is 12.3. The fourth-order valence-corrected chi connectivity index (χ4v) is 6.42. The summed E-state index contributed by atoms with van der Waals surface area (Å²) in [7, 11) is 6.28. The molecule has 0 bridgehead atoms. The van der Waals surface area contributed by atoms with E-state index < -0.39 is 22.7 Å². The Morgan fingerprint density at radius 1 is 1.02 bits per heavy atom. The van der Waals surface area contributed by atoms with Gasteiger partial charge >= 0.3 is 12.1 Å². The van der Waals surface area contributed by atoms with Crippen molar-refractivity contribution in [2.24, 2.45) is 7.05 Å². The Balaban J connectivity index is 1.63. The van der Waals surface area contributed by atoms with E-state index in [0.717, 1.165) is 23.0 Å². The van der Waals surface area contributed by atoms with Crippen LogP contribution in [-0.2, 0) is 29.5 Å². The molecular weight excluding hydrogens is 602 g/mol. The molecule has 1 saturated heterocycles. The number of rotatable bonds is 8. The van der Waals surface area contributed by atoms with E-state index in [1.165, 1.54) is 18.8 Å². The van der Waals surface area contributed by atoms with Gasteiger partial charge in [0.15, 0.2) is 5.56 Å². The number of hydrogen-bond donors (Lipinski definition) is 1. The van der Waals surface area contributed by atoms with Gasteiger partial charge in [-0.25, -0.2) is 9.59 Å². The highest BCUT2D eigenvalue weighted by Crippen LogP contribution is 2.37. The third-order valence-electron chi connectivity index (χ3n) is 8.71. The van der Waals surface area contributed by atoms with Crippen LogP contribution in [0.15, 0.2) is 47.3 Å². The van der Waals surface area contributed by atoms with Gasteiger partial charge in [0.1, 0.15) is 22.8 Å². The second-order valence-corrected chi connectivity index (χ2v) is 12.8. The van der Waals surface area contributed by atoms with Crippen molar-refractivity contribution in [2.75, 3.05) is 34.4 Å². The van der Waals surface area contributed by atoms with E-state index in [-0.39, 0.29) is 24.3 Å². The number of benzene rings is 2. The highest BCUT2D eigenvalue weighted by atomic mass is 16.6. The lowest BCUT2D eigenvalue weighted by atomic mass is 9.98. The van der Waals surface area contributed by atoms with E-state index in [2.05, 4.69) is 10.6 Å². The van der Waals surface area contributed by atoms with Gasteiger partial charge in [-0.05, 0) is 69.5 Å². The Morgan fingerprint density at radius 3 is 2.40 bits per heavy atom. The molecule has 1 aliphatic rings. The van der Waals surface area contributed by atoms with E-state index in [9.17, 15) is 19.5 Å². The number of carbonyl (C=O) groups is 2. The van der Waals surface area contributed by atoms with Crippen LogP contribution in [0, 0.1) is 0 Å². The van der Waals surface area contributed by atoms with Crippen LogP contribution in [-0.4, -0.2) is 71.2 Å². The number of pyridine rings is 1. The Hall–Kier alpha value is -4.93. The van der Waals surface area contributed by atoms with Crippen LogP contribution >= 0.6 is 0 Å². The molecule has 1 fully saturated rings. The fraction of sp³-hybridized carbons (Fsp3) is 0.417. The summed E-state index contributed by atoms with van der Waals surface area (Å²) in [5.41, 5.74) is 2.72. The zero-order chi connectivity index (χ0) is 34.2. The van der Waals surface area contributed by atoms with Gasteiger partial charge in [-0.2, -0.15) is 0 Å². The number of amides is 1. The van der Waals surface area contributed by atoms with Crippen molar-refractivity contribution >= 4 is 23.0 Å². The van der Waals surface area contributed by atoms with Gasteiger partial charge in [0.25, 0.3) is 5.56 Å². The lowest BCUT2D eigenvalue weighted by Crippen LogP contribution is -2.35. The topological polar surface area (TPSA) is 121 Å². The molecule has 47 heavy (non-hydrogen) atoms. The minimum atomic E-state index is -0.913. The highest BCUT2D eigenvalue weighted by molar-refractivity contribution is 5.94. The second kappa shape index (κ2) is 13.1. The van der Waals surface area contributed by atoms with E-state index in [1.54, 1.807) is 30.2 Å². The smallest absolute Gasteiger partial charge is 0.410 e. The molecule has 1 aliphatic heterocycles. The lowest BCUT2D eigenvalue weighted by molar-refractivity contribution is 0.0292. The van der Waals surface area contributed by atoms with E-state index in [4.69, 9.17) is 18.9 Å². The largest absolute Gasteiger partial charge is 0.506 e. The molecule has 11 nitrogen and oxygen atoms in total. The molecule has 0 radical (unpaired) electrons. The number of esters is 1. The number of methoxy groups -OCH3 is 3. The molecule has 3 heterocycles. The van der Waals surface area contributed by atoms with Gasteiger partial charge in [0, 0.05) is 59.8 Å².